The zero-order valence-electron chi connectivity index (χ0n) is 18.7. The fourth-order valence-electron chi connectivity index (χ4n) is 3.09. The summed E-state index contributed by atoms with van der Waals surface area (Å²) in [5.41, 5.74) is 1.39. The van der Waals surface area contributed by atoms with Gasteiger partial charge in [-0.05, 0) is 62.4 Å². The number of amides is 1. The van der Waals surface area contributed by atoms with Crippen molar-refractivity contribution >= 4 is 21.6 Å². The molecule has 0 bridgehead atoms. The molecule has 0 atom stereocenters. The Morgan fingerprint density at radius 2 is 1.52 bits per heavy atom. The highest BCUT2D eigenvalue weighted by Crippen LogP contribution is 2.25. The summed E-state index contributed by atoms with van der Waals surface area (Å²) in [6, 6.07) is 22.4. The summed E-state index contributed by atoms with van der Waals surface area (Å²) in [7, 11) is -3.98. The monoisotopic (exact) mass is 468 g/mol. The van der Waals surface area contributed by atoms with Crippen molar-refractivity contribution in [2.24, 2.45) is 0 Å². The van der Waals surface area contributed by atoms with Crippen molar-refractivity contribution in [3.63, 3.8) is 0 Å². The van der Waals surface area contributed by atoms with Gasteiger partial charge < -0.3 is 14.8 Å². The lowest BCUT2D eigenvalue weighted by atomic mass is 10.2. The number of carbonyl (C=O) groups excluding carboxylic acids is 1. The molecule has 0 fully saturated rings. The zero-order chi connectivity index (χ0) is 23.7. The molecule has 0 spiro atoms. The molecule has 3 aromatic carbocycles. The first kappa shape index (κ1) is 24.1. The summed E-state index contributed by atoms with van der Waals surface area (Å²) in [6.07, 6.45) is 0. The molecule has 3 rings (SSSR count). The van der Waals surface area contributed by atoms with Gasteiger partial charge in [0.25, 0.3) is 10.0 Å². The van der Waals surface area contributed by atoms with Gasteiger partial charge in [0, 0.05) is 0 Å². The highest BCUT2D eigenvalue weighted by Gasteiger charge is 2.27. The standard InChI is InChI=1S/C25H28N2O5S/c1-3-31-23-13-15-24(16-14-23)33(29,30)27(21-11-9-20(2)10-12-21)19-25(28)26-17-18-32-22-7-5-4-6-8-22/h4-16H,3,17-19H2,1-2H3,(H,26,28). The largest absolute Gasteiger partial charge is 0.494 e. The van der Waals surface area contributed by atoms with E-state index in [4.69, 9.17) is 9.47 Å². The number of ether oxygens (including phenoxy) is 2. The molecule has 1 amide bonds. The molecule has 0 aliphatic rings. The van der Waals surface area contributed by atoms with E-state index < -0.39 is 15.9 Å². The third-order valence-corrected chi connectivity index (χ3v) is 6.56. The predicted octanol–water partition coefficient (Wildman–Crippen LogP) is 3.78. The van der Waals surface area contributed by atoms with Gasteiger partial charge in [-0.25, -0.2) is 8.42 Å². The average molecular weight is 469 g/mol. The van der Waals surface area contributed by atoms with E-state index in [-0.39, 0.29) is 24.6 Å². The Hall–Kier alpha value is -3.52. The van der Waals surface area contributed by atoms with E-state index in [2.05, 4.69) is 5.32 Å². The second-order valence-corrected chi connectivity index (χ2v) is 9.13. The second-order valence-electron chi connectivity index (χ2n) is 7.26. The van der Waals surface area contributed by atoms with Crippen molar-refractivity contribution in [1.82, 2.24) is 5.32 Å². The highest BCUT2D eigenvalue weighted by molar-refractivity contribution is 7.92. The van der Waals surface area contributed by atoms with Crippen LogP contribution in [0.5, 0.6) is 11.5 Å². The summed E-state index contributed by atoms with van der Waals surface area (Å²) < 4.78 is 38.9. The van der Waals surface area contributed by atoms with E-state index in [1.165, 1.54) is 12.1 Å². The summed E-state index contributed by atoms with van der Waals surface area (Å²) in [6.45, 7) is 4.41. The molecule has 0 saturated heterocycles. The van der Waals surface area contributed by atoms with Gasteiger partial charge in [-0.2, -0.15) is 0 Å². The van der Waals surface area contributed by atoms with Crippen molar-refractivity contribution in [3.05, 3.63) is 84.4 Å². The number of rotatable bonds is 11. The normalized spacial score (nSPS) is 11.0. The number of benzene rings is 3. The van der Waals surface area contributed by atoms with Crippen molar-refractivity contribution in [2.45, 2.75) is 18.7 Å². The first-order chi connectivity index (χ1) is 15.9. The lowest BCUT2D eigenvalue weighted by Crippen LogP contribution is -2.41. The minimum Gasteiger partial charge on any atom is -0.494 e. The summed E-state index contributed by atoms with van der Waals surface area (Å²) in [5.74, 6) is 0.849. The Balaban J connectivity index is 1.72. The third-order valence-electron chi connectivity index (χ3n) is 4.77. The van der Waals surface area contributed by atoms with E-state index in [9.17, 15) is 13.2 Å². The van der Waals surface area contributed by atoms with Gasteiger partial charge in [-0.1, -0.05) is 35.9 Å². The molecule has 0 aromatic heterocycles. The molecule has 33 heavy (non-hydrogen) atoms. The van der Waals surface area contributed by atoms with Crippen LogP contribution < -0.4 is 19.1 Å². The van der Waals surface area contributed by atoms with Gasteiger partial charge in [0.15, 0.2) is 0 Å². The Bertz CT molecular complexity index is 1130. The van der Waals surface area contributed by atoms with Crippen molar-refractivity contribution in [3.8, 4) is 11.5 Å². The summed E-state index contributed by atoms with van der Waals surface area (Å²) in [5, 5.41) is 2.72. The second kappa shape index (κ2) is 11.4. The smallest absolute Gasteiger partial charge is 0.264 e. The Morgan fingerprint density at radius 3 is 2.15 bits per heavy atom. The van der Waals surface area contributed by atoms with Crippen LogP contribution in [0.25, 0.3) is 0 Å². The number of anilines is 1. The third kappa shape index (κ3) is 6.73. The molecule has 0 saturated carbocycles. The summed E-state index contributed by atoms with van der Waals surface area (Å²) in [4.78, 5) is 12.7. The number of hydrogen-bond donors (Lipinski definition) is 1. The number of sulfonamides is 1. The molecule has 3 aromatic rings. The summed E-state index contributed by atoms with van der Waals surface area (Å²) >= 11 is 0. The number of aryl methyl sites for hydroxylation is 1. The van der Waals surface area contributed by atoms with E-state index >= 15 is 0 Å². The topological polar surface area (TPSA) is 84.9 Å². The van der Waals surface area contributed by atoms with Crippen molar-refractivity contribution < 1.29 is 22.7 Å². The number of nitrogens with zero attached hydrogens (tertiary/aromatic N) is 1. The fraction of sp³-hybridized carbons (Fsp3) is 0.240. The molecule has 1 N–H and O–H groups in total. The molecule has 8 heteroatoms. The first-order valence-electron chi connectivity index (χ1n) is 10.7. The lowest BCUT2D eigenvalue weighted by Gasteiger charge is -2.24. The van der Waals surface area contributed by atoms with Crippen LogP contribution in [-0.2, 0) is 14.8 Å². The molecular formula is C25H28N2O5S. The number of para-hydroxylation sites is 1. The molecular weight excluding hydrogens is 440 g/mol. The molecule has 0 aliphatic carbocycles. The van der Waals surface area contributed by atoms with Crippen LogP contribution in [0, 0.1) is 6.92 Å². The van der Waals surface area contributed by atoms with Crippen LogP contribution in [0.1, 0.15) is 12.5 Å². The average Bonchev–Trinajstić information content (AvgIpc) is 2.82. The highest BCUT2D eigenvalue weighted by atomic mass is 32.2. The molecule has 0 heterocycles. The number of hydrogen-bond acceptors (Lipinski definition) is 5. The van der Waals surface area contributed by atoms with E-state index in [1.807, 2.05) is 56.3 Å². The minimum absolute atomic E-state index is 0.0757. The molecule has 0 aliphatic heterocycles. The van der Waals surface area contributed by atoms with Crippen LogP contribution in [0.2, 0.25) is 0 Å². The van der Waals surface area contributed by atoms with Crippen LogP contribution in [0.4, 0.5) is 5.69 Å². The van der Waals surface area contributed by atoms with E-state index in [0.717, 1.165) is 9.87 Å². The maximum absolute atomic E-state index is 13.4. The Morgan fingerprint density at radius 1 is 0.879 bits per heavy atom. The number of nitrogens with one attached hydrogen (secondary N) is 1. The van der Waals surface area contributed by atoms with Crippen molar-refractivity contribution in [1.29, 1.82) is 0 Å². The zero-order valence-corrected chi connectivity index (χ0v) is 19.5. The Labute approximate surface area is 195 Å². The lowest BCUT2D eigenvalue weighted by molar-refractivity contribution is -0.119. The van der Waals surface area contributed by atoms with Crippen LogP contribution >= 0.6 is 0 Å². The van der Waals surface area contributed by atoms with E-state index in [1.54, 1.807) is 24.3 Å². The SMILES string of the molecule is CCOc1ccc(S(=O)(=O)N(CC(=O)NCCOc2ccccc2)c2ccc(C)cc2)cc1. The van der Waals surface area contributed by atoms with Gasteiger partial charge in [0.1, 0.15) is 24.7 Å². The van der Waals surface area contributed by atoms with Crippen LogP contribution in [-0.4, -0.2) is 40.6 Å². The first-order valence-corrected chi connectivity index (χ1v) is 12.1. The predicted molar refractivity (Wildman–Crippen MR) is 128 cm³/mol. The van der Waals surface area contributed by atoms with Gasteiger partial charge in [-0.3, -0.25) is 9.10 Å². The minimum atomic E-state index is -3.98. The van der Waals surface area contributed by atoms with Crippen LogP contribution in [0.15, 0.2) is 83.8 Å². The van der Waals surface area contributed by atoms with Crippen LogP contribution in [0.3, 0.4) is 0 Å². The quantitative estimate of drug-likeness (QED) is 0.433. The maximum atomic E-state index is 13.4. The fourth-order valence-corrected chi connectivity index (χ4v) is 4.51. The van der Waals surface area contributed by atoms with Gasteiger partial charge in [-0.15, -0.1) is 0 Å². The Kier molecular flexibility index (Phi) is 8.32. The molecule has 7 nitrogen and oxygen atoms in total. The maximum Gasteiger partial charge on any atom is 0.264 e. The van der Waals surface area contributed by atoms with Gasteiger partial charge in [0.2, 0.25) is 5.91 Å². The van der Waals surface area contributed by atoms with E-state index in [0.29, 0.717) is 23.8 Å². The number of carbonyl (C=O) groups is 1. The molecule has 0 radical (unpaired) electrons. The van der Waals surface area contributed by atoms with Gasteiger partial charge in [0.05, 0.1) is 23.7 Å². The van der Waals surface area contributed by atoms with Crippen molar-refractivity contribution in [2.75, 3.05) is 30.6 Å². The molecule has 174 valence electrons. The van der Waals surface area contributed by atoms with Gasteiger partial charge >= 0.3 is 0 Å². The molecule has 0 unspecified atom stereocenters.